The lowest BCUT2D eigenvalue weighted by molar-refractivity contribution is -0.136. The van der Waals surface area contributed by atoms with Gasteiger partial charge in [0.15, 0.2) is 0 Å². The van der Waals surface area contributed by atoms with Crippen molar-refractivity contribution in [1.82, 2.24) is 15.6 Å². The van der Waals surface area contributed by atoms with Crippen molar-refractivity contribution < 1.29 is 14.4 Å². The Morgan fingerprint density at radius 1 is 1.50 bits per heavy atom. The Kier molecular flexibility index (Phi) is 3.25. The third-order valence-electron chi connectivity index (χ3n) is 3.84. The summed E-state index contributed by atoms with van der Waals surface area (Å²) in [6.07, 6.45) is 3.09. The minimum absolute atomic E-state index is 0.303. The highest BCUT2D eigenvalue weighted by molar-refractivity contribution is 6.09. The fraction of sp³-hybridized carbons (Fsp3) is 0.727. The van der Waals surface area contributed by atoms with Crippen molar-refractivity contribution in [2.75, 3.05) is 6.54 Å². The number of hydrogen-bond acceptors (Lipinski definition) is 4. The number of nitrogens with zero attached hydrogens (tertiary/aromatic N) is 1. The van der Waals surface area contributed by atoms with Gasteiger partial charge in [-0.25, -0.2) is 10.6 Å². The largest absolute Gasteiger partial charge is 0.325 e. The first-order valence-corrected chi connectivity index (χ1v) is 6.12. The number of nitrogens with one attached hydrogen (secondary N) is 2. The molecular weight excluding hydrogens is 236 g/mol. The van der Waals surface area contributed by atoms with E-state index in [-0.39, 0.29) is 12.5 Å². The number of carbonyl (C=O) groups excluding carboxylic acids is 3. The molecule has 2 aliphatic rings. The van der Waals surface area contributed by atoms with E-state index in [9.17, 15) is 14.4 Å². The molecular formula is C11H18N4O3. The molecule has 18 heavy (non-hydrogen) atoms. The van der Waals surface area contributed by atoms with Crippen molar-refractivity contribution >= 4 is 17.8 Å². The van der Waals surface area contributed by atoms with Crippen LogP contribution in [0.2, 0.25) is 0 Å². The second-order valence-electron chi connectivity index (χ2n) is 5.15. The molecule has 2 rings (SSSR count). The molecule has 7 heteroatoms. The molecule has 4 amide bonds. The summed E-state index contributed by atoms with van der Waals surface area (Å²) in [5, 5.41) is 2.74. The zero-order valence-electron chi connectivity index (χ0n) is 10.4. The number of rotatable bonds is 2. The molecule has 0 aromatic rings. The molecule has 0 aromatic carbocycles. The van der Waals surface area contributed by atoms with Gasteiger partial charge < -0.3 is 5.32 Å². The van der Waals surface area contributed by atoms with Crippen molar-refractivity contribution in [3.63, 3.8) is 0 Å². The van der Waals surface area contributed by atoms with Crippen LogP contribution in [-0.4, -0.2) is 34.8 Å². The molecule has 1 heterocycles. The van der Waals surface area contributed by atoms with E-state index in [4.69, 9.17) is 5.84 Å². The molecule has 1 aliphatic heterocycles. The number of carbonyl (C=O) groups is 3. The maximum Gasteiger partial charge on any atom is 0.325 e. The van der Waals surface area contributed by atoms with Crippen LogP contribution in [0.25, 0.3) is 0 Å². The lowest BCUT2D eigenvalue weighted by Gasteiger charge is -2.33. The number of nitrogens with two attached hydrogens (primary N) is 1. The number of hydrogen-bond donors (Lipinski definition) is 3. The maximum atomic E-state index is 12.3. The molecule has 2 fully saturated rings. The van der Waals surface area contributed by atoms with Gasteiger partial charge in [0.05, 0.1) is 0 Å². The molecule has 0 atom stereocenters. The number of urea groups is 1. The van der Waals surface area contributed by atoms with Crippen LogP contribution >= 0.6 is 0 Å². The summed E-state index contributed by atoms with van der Waals surface area (Å²) < 4.78 is 0. The monoisotopic (exact) mass is 254 g/mol. The van der Waals surface area contributed by atoms with Gasteiger partial charge in [0.25, 0.3) is 11.8 Å². The van der Waals surface area contributed by atoms with Crippen molar-refractivity contribution in [1.29, 1.82) is 0 Å². The van der Waals surface area contributed by atoms with Crippen molar-refractivity contribution in [2.24, 2.45) is 11.8 Å². The van der Waals surface area contributed by atoms with Gasteiger partial charge in [-0.1, -0.05) is 6.92 Å². The van der Waals surface area contributed by atoms with E-state index >= 15 is 0 Å². The fourth-order valence-electron chi connectivity index (χ4n) is 2.60. The van der Waals surface area contributed by atoms with Gasteiger partial charge in [0.2, 0.25) is 0 Å². The molecule has 0 radical (unpaired) electrons. The average Bonchev–Trinajstić information content (AvgIpc) is 2.58. The molecule has 1 aliphatic carbocycles. The highest BCUT2D eigenvalue weighted by atomic mass is 16.2. The van der Waals surface area contributed by atoms with Crippen LogP contribution in [-0.2, 0) is 9.59 Å². The molecule has 7 nitrogen and oxygen atoms in total. The molecule has 1 saturated carbocycles. The normalized spacial score (nSPS) is 31.7. The highest BCUT2D eigenvalue weighted by Crippen LogP contribution is 2.36. The van der Waals surface area contributed by atoms with Gasteiger partial charge in [-0.15, -0.1) is 0 Å². The van der Waals surface area contributed by atoms with Crippen LogP contribution in [0.1, 0.15) is 32.6 Å². The van der Waals surface area contributed by atoms with E-state index in [1.807, 2.05) is 5.43 Å². The van der Waals surface area contributed by atoms with Gasteiger partial charge >= 0.3 is 6.03 Å². The molecule has 0 bridgehead atoms. The summed E-state index contributed by atoms with van der Waals surface area (Å²) >= 11 is 0. The first kappa shape index (κ1) is 12.8. The third kappa shape index (κ3) is 2.05. The van der Waals surface area contributed by atoms with Crippen LogP contribution in [0, 0.1) is 5.92 Å². The predicted molar refractivity (Wildman–Crippen MR) is 62.9 cm³/mol. The van der Waals surface area contributed by atoms with E-state index < -0.39 is 17.5 Å². The standard InChI is InChI=1S/C11H18N4O3/c1-7-2-4-11(5-3-7)9(17)15(10(18)13-11)6-8(16)14-12/h7H,2-6,12H2,1H3,(H,13,18)(H,14,16). The Morgan fingerprint density at radius 3 is 2.67 bits per heavy atom. The Bertz CT molecular complexity index is 388. The first-order chi connectivity index (χ1) is 8.48. The van der Waals surface area contributed by atoms with Gasteiger partial charge in [0, 0.05) is 0 Å². The van der Waals surface area contributed by atoms with Gasteiger partial charge in [0.1, 0.15) is 12.1 Å². The lowest BCUT2D eigenvalue weighted by atomic mass is 9.77. The Labute approximate surface area is 105 Å². The van der Waals surface area contributed by atoms with E-state index in [0.29, 0.717) is 18.8 Å². The summed E-state index contributed by atoms with van der Waals surface area (Å²) in [6.45, 7) is 1.81. The van der Waals surface area contributed by atoms with Gasteiger partial charge in [-0.2, -0.15) is 0 Å². The summed E-state index contributed by atoms with van der Waals surface area (Å²) in [6, 6.07) is -0.502. The van der Waals surface area contributed by atoms with Gasteiger partial charge in [-0.05, 0) is 31.6 Å². The predicted octanol–water partition coefficient (Wildman–Crippen LogP) is -0.523. The van der Waals surface area contributed by atoms with Crippen molar-refractivity contribution in [2.45, 2.75) is 38.1 Å². The molecule has 0 unspecified atom stereocenters. The fourth-order valence-corrected chi connectivity index (χ4v) is 2.60. The average molecular weight is 254 g/mol. The second-order valence-corrected chi connectivity index (χ2v) is 5.15. The zero-order valence-corrected chi connectivity index (χ0v) is 10.4. The van der Waals surface area contributed by atoms with Crippen molar-refractivity contribution in [3.8, 4) is 0 Å². The first-order valence-electron chi connectivity index (χ1n) is 6.12. The Hall–Kier alpha value is -1.63. The third-order valence-corrected chi connectivity index (χ3v) is 3.84. The molecule has 1 spiro atoms. The SMILES string of the molecule is CC1CCC2(CC1)NC(=O)N(CC(=O)NN)C2=O. The van der Waals surface area contributed by atoms with Crippen LogP contribution in [0.15, 0.2) is 0 Å². The molecule has 1 saturated heterocycles. The highest BCUT2D eigenvalue weighted by Gasteiger charge is 2.52. The number of imide groups is 1. The smallest absolute Gasteiger partial charge is 0.323 e. The Balaban J connectivity index is 2.11. The van der Waals surface area contributed by atoms with Crippen LogP contribution in [0.4, 0.5) is 4.79 Å². The van der Waals surface area contributed by atoms with E-state index in [2.05, 4.69) is 12.2 Å². The van der Waals surface area contributed by atoms with E-state index in [0.717, 1.165) is 17.7 Å². The molecule has 4 N–H and O–H groups in total. The lowest BCUT2D eigenvalue weighted by Crippen LogP contribution is -2.50. The van der Waals surface area contributed by atoms with Crippen LogP contribution in [0.3, 0.4) is 0 Å². The number of amides is 4. The minimum atomic E-state index is -0.793. The van der Waals surface area contributed by atoms with Crippen LogP contribution in [0.5, 0.6) is 0 Å². The Morgan fingerprint density at radius 2 is 2.11 bits per heavy atom. The summed E-state index contributed by atoms with van der Waals surface area (Å²) in [4.78, 5) is 36.2. The maximum absolute atomic E-state index is 12.3. The van der Waals surface area contributed by atoms with Crippen molar-refractivity contribution in [3.05, 3.63) is 0 Å². The summed E-state index contributed by atoms with van der Waals surface area (Å²) in [7, 11) is 0. The van der Waals surface area contributed by atoms with Crippen LogP contribution < -0.4 is 16.6 Å². The zero-order chi connectivity index (χ0) is 13.3. The van der Waals surface area contributed by atoms with E-state index in [1.54, 1.807) is 0 Å². The second kappa shape index (κ2) is 4.56. The molecule has 0 aromatic heterocycles. The summed E-state index contributed by atoms with van der Waals surface area (Å²) in [5.74, 6) is 4.67. The quantitative estimate of drug-likeness (QED) is 0.267. The summed E-state index contributed by atoms with van der Waals surface area (Å²) in [5.41, 5.74) is 1.13. The number of hydrazine groups is 1. The van der Waals surface area contributed by atoms with Gasteiger partial charge in [-0.3, -0.25) is 19.9 Å². The minimum Gasteiger partial charge on any atom is -0.323 e. The van der Waals surface area contributed by atoms with E-state index in [1.165, 1.54) is 0 Å². The molecule has 100 valence electrons. The topological polar surface area (TPSA) is 105 Å².